The first-order valence-electron chi connectivity index (χ1n) is 6.98. The van der Waals surface area contributed by atoms with E-state index in [4.69, 9.17) is 4.74 Å². The fourth-order valence-corrected chi connectivity index (χ4v) is 2.66. The maximum absolute atomic E-state index is 11.8. The minimum Gasteiger partial charge on any atom is -0.461 e. The summed E-state index contributed by atoms with van der Waals surface area (Å²) < 4.78 is 5.17. The number of esters is 1. The highest BCUT2D eigenvalue weighted by atomic mass is 32.1. The van der Waals surface area contributed by atoms with E-state index >= 15 is 0 Å². The molecular formula is C16H14N4O2S. The normalized spacial score (nSPS) is 11.0. The highest BCUT2D eigenvalue weighted by molar-refractivity contribution is 7.13. The van der Waals surface area contributed by atoms with Gasteiger partial charge in [-0.2, -0.15) is 5.10 Å². The molecule has 0 saturated heterocycles. The van der Waals surface area contributed by atoms with Crippen LogP contribution < -0.4 is 0 Å². The Hall–Kier alpha value is -2.80. The van der Waals surface area contributed by atoms with Crippen LogP contribution in [0.2, 0.25) is 0 Å². The zero-order valence-electron chi connectivity index (χ0n) is 12.2. The Morgan fingerprint density at radius 3 is 2.96 bits per heavy atom. The van der Waals surface area contributed by atoms with Crippen molar-refractivity contribution >= 4 is 23.4 Å². The molecule has 0 aliphatic rings. The number of thiazole rings is 1. The third-order valence-corrected chi connectivity index (χ3v) is 3.84. The van der Waals surface area contributed by atoms with Crippen LogP contribution in [0, 0.1) is 0 Å². The molecule has 3 aromatic rings. The smallest absolute Gasteiger partial charge is 0.312 e. The van der Waals surface area contributed by atoms with E-state index in [-0.39, 0.29) is 19.0 Å². The number of benzene rings is 1. The predicted octanol–water partition coefficient (Wildman–Crippen LogP) is 2.73. The molecule has 0 unspecified atom stereocenters. The van der Waals surface area contributed by atoms with Crippen LogP contribution in [-0.4, -0.2) is 32.7 Å². The lowest BCUT2D eigenvalue weighted by atomic mass is 10.2. The number of ether oxygens (including phenoxy) is 1. The number of nitrogens with one attached hydrogen (secondary N) is 1. The summed E-state index contributed by atoms with van der Waals surface area (Å²) in [6.45, 7) is 0.243. The van der Waals surface area contributed by atoms with Crippen LogP contribution in [0.5, 0.6) is 0 Å². The van der Waals surface area contributed by atoms with E-state index in [0.29, 0.717) is 16.5 Å². The van der Waals surface area contributed by atoms with Crippen molar-refractivity contribution in [3.63, 3.8) is 0 Å². The number of aromatic amines is 1. The van der Waals surface area contributed by atoms with E-state index in [2.05, 4.69) is 20.2 Å². The molecule has 6 nitrogen and oxygen atoms in total. The first-order chi connectivity index (χ1) is 11.3. The van der Waals surface area contributed by atoms with Gasteiger partial charge in [-0.3, -0.25) is 9.89 Å². The van der Waals surface area contributed by atoms with Crippen molar-refractivity contribution in [2.24, 2.45) is 0 Å². The quantitative estimate of drug-likeness (QED) is 0.704. The van der Waals surface area contributed by atoms with Crippen LogP contribution in [0.3, 0.4) is 0 Å². The SMILES string of the molecule is O=C(Cc1csc(-c2ncn[nH]2)n1)OC/C=C/c1ccccc1. The van der Waals surface area contributed by atoms with Crippen molar-refractivity contribution in [1.29, 1.82) is 0 Å². The second-order valence-corrected chi connectivity index (χ2v) is 5.51. The number of hydrogen-bond donors (Lipinski definition) is 1. The summed E-state index contributed by atoms with van der Waals surface area (Å²) in [7, 11) is 0. The van der Waals surface area contributed by atoms with E-state index in [1.807, 2.05) is 47.9 Å². The molecule has 0 aliphatic carbocycles. The highest BCUT2D eigenvalue weighted by Gasteiger charge is 2.11. The summed E-state index contributed by atoms with van der Waals surface area (Å²) >= 11 is 1.41. The summed E-state index contributed by atoms with van der Waals surface area (Å²) in [6.07, 6.45) is 5.29. The lowest BCUT2D eigenvalue weighted by Gasteiger charge is -1.99. The Morgan fingerprint density at radius 1 is 1.30 bits per heavy atom. The van der Waals surface area contributed by atoms with Crippen molar-refractivity contribution < 1.29 is 9.53 Å². The van der Waals surface area contributed by atoms with Gasteiger partial charge in [0.15, 0.2) is 10.8 Å². The highest BCUT2D eigenvalue weighted by Crippen LogP contribution is 2.19. The van der Waals surface area contributed by atoms with Crippen LogP contribution in [-0.2, 0) is 16.0 Å². The zero-order chi connectivity index (χ0) is 15.9. The number of hydrogen-bond acceptors (Lipinski definition) is 6. The van der Waals surface area contributed by atoms with Crippen molar-refractivity contribution in [1.82, 2.24) is 20.2 Å². The predicted molar refractivity (Wildman–Crippen MR) is 87.6 cm³/mol. The van der Waals surface area contributed by atoms with Crippen LogP contribution in [0.15, 0.2) is 48.1 Å². The number of aromatic nitrogens is 4. The van der Waals surface area contributed by atoms with Crippen molar-refractivity contribution in [2.75, 3.05) is 6.61 Å². The minimum atomic E-state index is -0.308. The summed E-state index contributed by atoms with van der Waals surface area (Å²) in [6, 6.07) is 9.84. The fourth-order valence-electron chi connectivity index (χ4n) is 1.89. The number of H-pyrrole nitrogens is 1. The minimum absolute atomic E-state index is 0.143. The summed E-state index contributed by atoms with van der Waals surface area (Å²) in [4.78, 5) is 20.2. The second-order valence-electron chi connectivity index (χ2n) is 4.65. The molecule has 0 fully saturated rings. The molecule has 1 aromatic carbocycles. The van der Waals surface area contributed by atoms with Crippen molar-refractivity contribution in [2.45, 2.75) is 6.42 Å². The van der Waals surface area contributed by atoms with Gasteiger partial charge in [-0.15, -0.1) is 11.3 Å². The van der Waals surface area contributed by atoms with Crippen molar-refractivity contribution in [3.8, 4) is 10.8 Å². The van der Waals surface area contributed by atoms with Crippen LogP contribution >= 0.6 is 11.3 Å². The molecule has 7 heteroatoms. The molecule has 23 heavy (non-hydrogen) atoms. The van der Waals surface area contributed by atoms with Gasteiger partial charge in [0.25, 0.3) is 0 Å². The van der Waals surface area contributed by atoms with Gasteiger partial charge >= 0.3 is 5.97 Å². The molecule has 0 bridgehead atoms. The average Bonchev–Trinajstić information content (AvgIpc) is 3.24. The molecule has 0 saturated carbocycles. The Kier molecular flexibility index (Phi) is 4.90. The van der Waals surface area contributed by atoms with Crippen LogP contribution in [0.4, 0.5) is 0 Å². The number of nitrogens with zero attached hydrogens (tertiary/aromatic N) is 3. The van der Waals surface area contributed by atoms with Gasteiger partial charge in [0, 0.05) is 5.38 Å². The van der Waals surface area contributed by atoms with Gasteiger partial charge in [0.05, 0.1) is 12.1 Å². The van der Waals surface area contributed by atoms with E-state index < -0.39 is 0 Å². The summed E-state index contributed by atoms with van der Waals surface area (Å²) in [5.41, 5.74) is 1.73. The van der Waals surface area contributed by atoms with Gasteiger partial charge < -0.3 is 4.74 Å². The Bertz CT molecular complexity index is 782. The first-order valence-corrected chi connectivity index (χ1v) is 7.86. The third-order valence-electron chi connectivity index (χ3n) is 2.95. The second kappa shape index (κ2) is 7.46. The van der Waals surface area contributed by atoms with Gasteiger partial charge in [0.2, 0.25) is 0 Å². The van der Waals surface area contributed by atoms with E-state index in [1.165, 1.54) is 17.7 Å². The summed E-state index contributed by atoms with van der Waals surface area (Å²) in [5, 5.41) is 9.04. The van der Waals surface area contributed by atoms with Gasteiger partial charge in [-0.05, 0) is 11.6 Å². The summed E-state index contributed by atoms with van der Waals surface area (Å²) in [5.74, 6) is 0.289. The molecule has 2 aromatic heterocycles. The maximum Gasteiger partial charge on any atom is 0.312 e. The molecule has 0 spiro atoms. The number of carbonyl (C=O) groups is 1. The van der Waals surface area contributed by atoms with E-state index in [9.17, 15) is 4.79 Å². The van der Waals surface area contributed by atoms with Gasteiger partial charge in [0.1, 0.15) is 12.9 Å². The number of carbonyl (C=O) groups excluding carboxylic acids is 1. The standard InChI is InChI=1S/C16H14N4O2S/c21-14(22-8-4-7-12-5-2-1-3-6-12)9-13-10-23-16(19-13)15-17-11-18-20-15/h1-7,10-11H,8-9H2,(H,17,18,20)/b7-4+. The molecule has 0 atom stereocenters. The lowest BCUT2D eigenvalue weighted by molar-refractivity contribution is -0.141. The molecular weight excluding hydrogens is 312 g/mol. The van der Waals surface area contributed by atoms with E-state index in [0.717, 1.165) is 5.56 Å². The molecule has 3 rings (SSSR count). The number of rotatable bonds is 6. The Labute approximate surface area is 136 Å². The Balaban J connectivity index is 1.47. The molecule has 2 heterocycles. The molecule has 116 valence electrons. The van der Waals surface area contributed by atoms with E-state index in [1.54, 1.807) is 0 Å². The van der Waals surface area contributed by atoms with Gasteiger partial charge in [-0.1, -0.05) is 36.4 Å². The lowest BCUT2D eigenvalue weighted by Crippen LogP contribution is -2.08. The fraction of sp³-hybridized carbons (Fsp3) is 0.125. The largest absolute Gasteiger partial charge is 0.461 e. The van der Waals surface area contributed by atoms with Crippen LogP contribution in [0.1, 0.15) is 11.3 Å². The molecule has 0 aliphatic heterocycles. The first kappa shape index (κ1) is 15.1. The van der Waals surface area contributed by atoms with Gasteiger partial charge in [-0.25, -0.2) is 9.97 Å². The van der Waals surface area contributed by atoms with Crippen LogP contribution in [0.25, 0.3) is 16.9 Å². The van der Waals surface area contributed by atoms with Crippen molar-refractivity contribution in [3.05, 3.63) is 59.4 Å². The molecule has 0 amide bonds. The topological polar surface area (TPSA) is 80.8 Å². The average molecular weight is 326 g/mol. The molecule has 1 N–H and O–H groups in total. The maximum atomic E-state index is 11.8. The Morgan fingerprint density at radius 2 is 2.17 bits per heavy atom. The monoisotopic (exact) mass is 326 g/mol. The molecule has 0 radical (unpaired) electrons. The zero-order valence-corrected chi connectivity index (χ0v) is 13.0. The third kappa shape index (κ3) is 4.33.